The van der Waals surface area contributed by atoms with E-state index in [1.807, 2.05) is 30.3 Å². The average Bonchev–Trinajstić information content (AvgIpc) is 3.09. The lowest BCUT2D eigenvalue weighted by atomic mass is 9.96. The fourth-order valence-electron chi connectivity index (χ4n) is 3.42. The van der Waals surface area contributed by atoms with Crippen LogP contribution >= 0.6 is 0 Å². The van der Waals surface area contributed by atoms with Gasteiger partial charge in [0.2, 0.25) is 5.91 Å². The van der Waals surface area contributed by atoms with Gasteiger partial charge in [0.05, 0.1) is 12.0 Å². The summed E-state index contributed by atoms with van der Waals surface area (Å²) in [6, 6.07) is 9.12. The molecule has 0 aliphatic carbocycles. The van der Waals surface area contributed by atoms with Crippen LogP contribution in [0.3, 0.4) is 0 Å². The van der Waals surface area contributed by atoms with Crippen molar-refractivity contribution in [3.05, 3.63) is 59.9 Å². The van der Waals surface area contributed by atoms with Crippen molar-refractivity contribution in [1.82, 2.24) is 4.90 Å². The highest BCUT2D eigenvalue weighted by molar-refractivity contribution is 6.01. The molecule has 7 nitrogen and oxygen atoms in total. The Morgan fingerprint density at radius 1 is 1.28 bits per heavy atom. The molecule has 2 amide bonds. The summed E-state index contributed by atoms with van der Waals surface area (Å²) >= 11 is 0. The number of imide groups is 1. The number of ether oxygens (including phenoxy) is 2. The summed E-state index contributed by atoms with van der Waals surface area (Å²) in [6.45, 7) is 1.77. The van der Waals surface area contributed by atoms with Crippen LogP contribution < -0.4 is 0 Å². The number of benzene rings is 1. The van der Waals surface area contributed by atoms with E-state index in [1.54, 1.807) is 19.1 Å². The minimum absolute atomic E-state index is 0.0601. The minimum atomic E-state index is -1.00. The van der Waals surface area contributed by atoms with Gasteiger partial charge in [-0.1, -0.05) is 30.3 Å². The largest absolute Gasteiger partial charge is 0.482 e. The molecule has 2 heterocycles. The van der Waals surface area contributed by atoms with Gasteiger partial charge >= 0.3 is 6.09 Å². The fourth-order valence-corrected chi connectivity index (χ4v) is 3.42. The van der Waals surface area contributed by atoms with Crippen LogP contribution in [0.4, 0.5) is 4.79 Å². The van der Waals surface area contributed by atoms with E-state index in [-0.39, 0.29) is 19.0 Å². The molecule has 3 unspecified atom stereocenters. The van der Waals surface area contributed by atoms with Gasteiger partial charge in [0.1, 0.15) is 12.4 Å². The Balaban J connectivity index is 1.72. The van der Waals surface area contributed by atoms with Crippen LogP contribution in [0.2, 0.25) is 0 Å². The summed E-state index contributed by atoms with van der Waals surface area (Å²) in [5, 5.41) is 8.89. The summed E-state index contributed by atoms with van der Waals surface area (Å²) in [5.41, 5.74) is 0.989. The van der Waals surface area contributed by atoms with Crippen molar-refractivity contribution >= 4 is 17.8 Å². The van der Waals surface area contributed by atoms with Crippen molar-refractivity contribution in [2.75, 3.05) is 13.2 Å². The summed E-state index contributed by atoms with van der Waals surface area (Å²) in [5.74, 6) is -1.18. The van der Waals surface area contributed by atoms with E-state index in [0.29, 0.717) is 25.0 Å². The molecule has 2 aliphatic rings. The third kappa shape index (κ3) is 4.92. The standard InChI is InChI=1S/C22H25NO6/c1-15(20-19(25)11-10-18(29-20)9-5-6-12-24)21(26)23-17(14-28-22(23)27)13-16-7-3-2-4-8-16/h2-4,7-11,15,17,20,24H,5-6,12-14H2,1H3. The van der Waals surface area contributed by atoms with Crippen LogP contribution in [-0.4, -0.2) is 53.1 Å². The lowest BCUT2D eigenvalue weighted by molar-refractivity contribution is -0.142. The van der Waals surface area contributed by atoms with Crippen molar-refractivity contribution in [3.63, 3.8) is 0 Å². The van der Waals surface area contributed by atoms with Gasteiger partial charge in [0.25, 0.3) is 0 Å². The number of carbonyl (C=O) groups excluding carboxylic acids is 3. The Bertz CT molecular complexity index is 816. The smallest absolute Gasteiger partial charge is 0.416 e. The molecule has 0 saturated carbocycles. The lowest BCUT2D eigenvalue weighted by Crippen LogP contribution is -2.48. The van der Waals surface area contributed by atoms with E-state index in [9.17, 15) is 14.4 Å². The van der Waals surface area contributed by atoms with Crippen LogP contribution in [0.1, 0.15) is 25.3 Å². The van der Waals surface area contributed by atoms with Crippen molar-refractivity contribution in [2.24, 2.45) is 5.92 Å². The van der Waals surface area contributed by atoms with E-state index in [4.69, 9.17) is 14.6 Å². The first-order chi connectivity index (χ1) is 14.0. The number of hydrogen-bond donors (Lipinski definition) is 1. The minimum Gasteiger partial charge on any atom is -0.482 e. The molecule has 154 valence electrons. The number of rotatable bonds is 7. The molecule has 29 heavy (non-hydrogen) atoms. The first-order valence-corrected chi connectivity index (χ1v) is 9.74. The van der Waals surface area contributed by atoms with Crippen LogP contribution in [-0.2, 0) is 25.5 Å². The number of allylic oxidation sites excluding steroid dienone is 2. The maximum Gasteiger partial charge on any atom is 0.416 e. The van der Waals surface area contributed by atoms with Gasteiger partial charge < -0.3 is 14.6 Å². The SMILES string of the molecule is CC(C(=O)N1C(=O)OCC1Cc1ccccc1)C1OC(=CCCCO)C=CC1=O. The molecule has 1 N–H and O–H groups in total. The number of amides is 2. The molecule has 1 fully saturated rings. The van der Waals surface area contributed by atoms with Gasteiger partial charge in [0, 0.05) is 6.61 Å². The zero-order chi connectivity index (χ0) is 20.8. The zero-order valence-corrected chi connectivity index (χ0v) is 16.3. The van der Waals surface area contributed by atoms with Crippen LogP contribution in [0, 0.1) is 5.92 Å². The fraction of sp³-hybridized carbons (Fsp3) is 0.409. The maximum atomic E-state index is 13.1. The van der Waals surface area contributed by atoms with E-state index in [0.717, 1.165) is 10.5 Å². The number of carbonyl (C=O) groups is 3. The molecule has 1 aromatic rings. The zero-order valence-electron chi connectivity index (χ0n) is 16.3. The van der Waals surface area contributed by atoms with Crippen LogP contribution in [0.15, 0.2) is 54.3 Å². The highest BCUT2D eigenvalue weighted by Crippen LogP contribution is 2.25. The topological polar surface area (TPSA) is 93.1 Å². The molecule has 0 radical (unpaired) electrons. The monoisotopic (exact) mass is 399 g/mol. The third-order valence-electron chi connectivity index (χ3n) is 5.02. The molecule has 7 heteroatoms. The summed E-state index contributed by atoms with van der Waals surface area (Å²) < 4.78 is 10.8. The molecule has 0 bridgehead atoms. The Kier molecular flexibility index (Phi) is 6.82. The summed E-state index contributed by atoms with van der Waals surface area (Å²) in [7, 11) is 0. The van der Waals surface area contributed by atoms with E-state index >= 15 is 0 Å². The molecule has 0 aromatic heterocycles. The second-order valence-electron chi connectivity index (χ2n) is 7.16. The number of aliphatic hydroxyl groups is 1. The summed E-state index contributed by atoms with van der Waals surface area (Å²) in [6.07, 6.45) is 4.66. The first kappa shape index (κ1) is 20.8. The number of unbranched alkanes of at least 4 members (excludes halogenated alkanes) is 1. The number of nitrogens with zero attached hydrogens (tertiary/aromatic N) is 1. The van der Waals surface area contributed by atoms with Gasteiger partial charge in [-0.15, -0.1) is 0 Å². The van der Waals surface area contributed by atoms with Gasteiger partial charge in [-0.25, -0.2) is 9.69 Å². The Hall–Kier alpha value is -2.93. The highest BCUT2D eigenvalue weighted by Gasteiger charge is 2.43. The normalized spacial score (nSPS) is 23.8. The third-order valence-corrected chi connectivity index (χ3v) is 5.02. The molecule has 1 saturated heterocycles. The summed E-state index contributed by atoms with van der Waals surface area (Å²) in [4.78, 5) is 38.7. The van der Waals surface area contributed by atoms with Crippen LogP contribution in [0.25, 0.3) is 0 Å². The van der Waals surface area contributed by atoms with E-state index in [2.05, 4.69) is 0 Å². The molecule has 3 atom stereocenters. The Labute approximate surface area is 169 Å². The number of ketones is 1. The molecular weight excluding hydrogens is 374 g/mol. The highest BCUT2D eigenvalue weighted by atomic mass is 16.6. The van der Waals surface area contributed by atoms with Crippen molar-refractivity contribution in [3.8, 4) is 0 Å². The predicted octanol–water partition coefficient (Wildman–Crippen LogP) is 2.39. The molecular formula is C22H25NO6. The lowest BCUT2D eigenvalue weighted by Gasteiger charge is -2.29. The molecule has 2 aliphatic heterocycles. The Morgan fingerprint density at radius 2 is 2.03 bits per heavy atom. The van der Waals surface area contributed by atoms with Gasteiger partial charge in [-0.05, 0) is 50.0 Å². The van der Waals surface area contributed by atoms with Gasteiger partial charge in [0.15, 0.2) is 11.9 Å². The first-order valence-electron chi connectivity index (χ1n) is 9.74. The molecule has 0 spiro atoms. The quantitative estimate of drug-likeness (QED) is 0.708. The van der Waals surface area contributed by atoms with E-state index in [1.165, 1.54) is 6.08 Å². The maximum absolute atomic E-state index is 13.1. The van der Waals surface area contributed by atoms with Gasteiger partial charge in [-0.3, -0.25) is 9.59 Å². The van der Waals surface area contributed by atoms with Crippen molar-refractivity contribution < 1.29 is 29.0 Å². The number of hydrogen-bond acceptors (Lipinski definition) is 6. The Morgan fingerprint density at radius 3 is 2.76 bits per heavy atom. The molecule has 3 rings (SSSR count). The predicted molar refractivity (Wildman–Crippen MR) is 105 cm³/mol. The van der Waals surface area contributed by atoms with Crippen molar-refractivity contribution in [1.29, 1.82) is 0 Å². The second kappa shape index (κ2) is 9.52. The van der Waals surface area contributed by atoms with Crippen molar-refractivity contribution in [2.45, 2.75) is 38.3 Å². The van der Waals surface area contributed by atoms with Gasteiger partial charge in [-0.2, -0.15) is 0 Å². The van der Waals surface area contributed by atoms with E-state index < -0.39 is 30.1 Å². The van der Waals surface area contributed by atoms with Crippen LogP contribution in [0.5, 0.6) is 0 Å². The molecule has 1 aromatic carbocycles. The average molecular weight is 399 g/mol. The number of aliphatic hydroxyl groups excluding tert-OH is 1. The number of cyclic esters (lactones) is 1. The second-order valence-corrected chi connectivity index (χ2v) is 7.16.